The van der Waals surface area contributed by atoms with Crippen molar-refractivity contribution in [3.8, 4) is 5.75 Å². The molecule has 7 heteroatoms. The van der Waals surface area contributed by atoms with E-state index in [1.54, 1.807) is 31.2 Å². The van der Waals surface area contributed by atoms with E-state index in [9.17, 15) is 13.2 Å². The Hall–Kier alpha value is -1.76. The van der Waals surface area contributed by atoms with Crippen molar-refractivity contribution in [1.82, 2.24) is 5.32 Å². The van der Waals surface area contributed by atoms with Gasteiger partial charge in [0.05, 0.1) is 18.0 Å². The number of anilines is 1. The third kappa shape index (κ3) is 4.90. The molecule has 1 heterocycles. The lowest BCUT2D eigenvalue weighted by atomic mass is 9.99. The number of nitrogens with one attached hydrogen (secondary N) is 1. The first-order valence-electron chi connectivity index (χ1n) is 9.46. The maximum absolute atomic E-state index is 12.6. The number of unbranched alkanes of at least 4 members (excludes halogenated alkanes) is 1. The van der Waals surface area contributed by atoms with E-state index in [0.717, 1.165) is 25.7 Å². The van der Waals surface area contributed by atoms with Gasteiger partial charge in [0.15, 0.2) is 6.10 Å². The summed E-state index contributed by atoms with van der Waals surface area (Å²) in [4.78, 5) is 12.6. The summed E-state index contributed by atoms with van der Waals surface area (Å²) in [6.45, 7) is 6.47. The second-order valence-corrected chi connectivity index (χ2v) is 8.85. The number of rotatable bonds is 9. The molecule has 146 valence electrons. The van der Waals surface area contributed by atoms with Gasteiger partial charge >= 0.3 is 0 Å². The van der Waals surface area contributed by atoms with Crippen LogP contribution in [0.3, 0.4) is 0 Å². The molecule has 0 saturated carbocycles. The number of para-hydroxylation sites is 2. The van der Waals surface area contributed by atoms with Crippen LogP contribution in [-0.4, -0.2) is 39.3 Å². The van der Waals surface area contributed by atoms with E-state index in [1.807, 2.05) is 0 Å². The first-order valence-corrected chi connectivity index (χ1v) is 11.1. The highest BCUT2D eigenvalue weighted by molar-refractivity contribution is 7.92. The maximum atomic E-state index is 12.6. The van der Waals surface area contributed by atoms with Crippen molar-refractivity contribution >= 4 is 21.6 Å². The van der Waals surface area contributed by atoms with Crippen LogP contribution in [0.1, 0.15) is 46.5 Å². The molecule has 1 amide bonds. The molecule has 0 aromatic heterocycles. The SMILES string of the molecule is CCCC[C@@H](CC)CNC(=O)[C@H]1CN(S(=O)(=O)CC)c2ccccc2O1. The summed E-state index contributed by atoms with van der Waals surface area (Å²) >= 11 is 0. The van der Waals surface area contributed by atoms with Crippen molar-refractivity contribution in [3.63, 3.8) is 0 Å². The fourth-order valence-corrected chi connectivity index (χ4v) is 4.18. The van der Waals surface area contributed by atoms with Gasteiger partial charge in [0, 0.05) is 6.54 Å². The largest absolute Gasteiger partial charge is 0.476 e. The van der Waals surface area contributed by atoms with E-state index in [4.69, 9.17) is 4.74 Å². The highest BCUT2D eigenvalue weighted by Gasteiger charge is 2.35. The number of amides is 1. The Morgan fingerprint density at radius 2 is 2.04 bits per heavy atom. The average Bonchev–Trinajstić information content (AvgIpc) is 2.66. The minimum atomic E-state index is -3.48. The Bertz CT molecular complexity index is 705. The average molecular weight is 383 g/mol. The molecule has 0 radical (unpaired) electrons. The molecular formula is C19H30N2O4S. The summed E-state index contributed by atoms with van der Waals surface area (Å²) in [5, 5.41) is 2.95. The lowest BCUT2D eigenvalue weighted by Gasteiger charge is -2.34. The van der Waals surface area contributed by atoms with Crippen LogP contribution in [-0.2, 0) is 14.8 Å². The smallest absolute Gasteiger partial charge is 0.263 e. The predicted molar refractivity (Wildman–Crippen MR) is 104 cm³/mol. The fraction of sp³-hybridized carbons (Fsp3) is 0.632. The Labute approximate surface area is 157 Å². The Morgan fingerprint density at radius 1 is 1.31 bits per heavy atom. The number of carbonyl (C=O) groups is 1. The van der Waals surface area contributed by atoms with E-state index in [-0.39, 0.29) is 18.2 Å². The highest BCUT2D eigenvalue weighted by Crippen LogP contribution is 2.35. The molecular weight excluding hydrogens is 352 g/mol. The first kappa shape index (κ1) is 20.6. The monoisotopic (exact) mass is 382 g/mol. The van der Waals surface area contributed by atoms with Crippen LogP contribution in [0.5, 0.6) is 5.75 Å². The zero-order chi connectivity index (χ0) is 19.2. The zero-order valence-corrected chi connectivity index (χ0v) is 16.7. The van der Waals surface area contributed by atoms with Gasteiger partial charge in [-0.2, -0.15) is 0 Å². The van der Waals surface area contributed by atoms with Gasteiger partial charge < -0.3 is 10.1 Å². The number of carbonyl (C=O) groups excluding carboxylic acids is 1. The molecule has 6 nitrogen and oxygen atoms in total. The third-order valence-corrected chi connectivity index (χ3v) is 6.58. The number of ether oxygens (including phenoxy) is 1. The molecule has 1 aromatic carbocycles. The van der Waals surface area contributed by atoms with Gasteiger partial charge in [-0.3, -0.25) is 9.10 Å². The summed E-state index contributed by atoms with van der Waals surface area (Å²) < 4.78 is 32.0. The van der Waals surface area contributed by atoms with Crippen molar-refractivity contribution < 1.29 is 17.9 Å². The van der Waals surface area contributed by atoms with Gasteiger partial charge in [-0.15, -0.1) is 0 Å². The topological polar surface area (TPSA) is 75.7 Å². The molecule has 0 aliphatic carbocycles. The normalized spacial score (nSPS) is 18.0. The van der Waals surface area contributed by atoms with Crippen molar-refractivity contribution in [2.24, 2.45) is 5.92 Å². The first-order chi connectivity index (χ1) is 12.4. The minimum Gasteiger partial charge on any atom is -0.476 e. The van der Waals surface area contributed by atoms with E-state index >= 15 is 0 Å². The molecule has 0 bridgehead atoms. The van der Waals surface area contributed by atoms with Crippen molar-refractivity contribution in [2.45, 2.75) is 52.6 Å². The maximum Gasteiger partial charge on any atom is 0.263 e. The molecule has 0 unspecified atom stereocenters. The van der Waals surface area contributed by atoms with E-state index in [1.165, 1.54) is 4.31 Å². The molecule has 1 N–H and O–H groups in total. The molecule has 1 aliphatic heterocycles. The number of hydrogen-bond acceptors (Lipinski definition) is 4. The lowest BCUT2D eigenvalue weighted by Crippen LogP contribution is -2.51. The predicted octanol–water partition coefficient (Wildman–Crippen LogP) is 2.94. The number of sulfonamides is 1. The van der Waals surface area contributed by atoms with Crippen LogP contribution in [0, 0.1) is 5.92 Å². The third-order valence-electron chi connectivity index (χ3n) is 4.84. The van der Waals surface area contributed by atoms with Crippen LogP contribution in [0.4, 0.5) is 5.69 Å². The summed E-state index contributed by atoms with van der Waals surface area (Å²) in [7, 11) is -3.48. The van der Waals surface area contributed by atoms with Crippen LogP contribution in [0.25, 0.3) is 0 Å². The Kier molecular flexibility index (Phi) is 7.32. The molecule has 2 rings (SSSR count). The number of hydrogen-bond donors (Lipinski definition) is 1. The number of fused-ring (bicyclic) bond motifs is 1. The Balaban J connectivity index is 2.10. The molecule has 0 fully saturated rings. The number of nitrogens with zero attached hydrogens (tertiary/aromatic N) is 1. The van der Waals surface area contributed by atoms with Crippen molar-refractivity contribution in [2.75, 3.05) is 23.1 Å². The second-order valence-electron chi connectivity index (χ2n) is 6.67. The van der Waals surface area contributed by atoms with Crippen molar-refractivity contribution in [3.05, 3.63) is 24.3 Å². The molecule has 26 heavy (non-hydrogen) atoms. The lowest BCUT2D eigenvalue weighted by molar-refractivity contribution is -0.127. The van der Waals surface area contributed by atoms with E-state index in [2.05, 4.69) is 19.2 Å². The summed E-state index contributed by atoms with van der Waals surface area (Å²) in [5.74, 6) is 0.579. The van der Waals surface area contributed by atoms with Crippen LogP contribution < -0.4 is 14.4 Å². The Morgan fingerprint density at radius 3 is 2.69 bits per heavy atom. The van der Waals surface area contributed by atoms with Crippen LogP contribution >= 0.6 is 0 Å². The molecule has 0 saturated heterocycles. The molecule has 1 aliphatic rings. The van der Waals surface area contributed by atoms with Crippen LogP contribution in [0.2, 0.25) is 0 Å². The summed E-state index contributed by atoms with van der Waals surface area (Å²) in [5.41, 5.74) is 0.493. The molecule has 1 aromatic rings. The van der Waals surface area contributed by atoms with Gasteiger partial charge in [-0.1, -0.05) is 45.2 Å². The summed E-state index contributed by atoms with van der Waals surface area (Å²) in [6.07, 6.45) is 3.53. The highest BCUT2D eigenvalue weighted by atomic mass is 32.2. The fourth-order valence-electron chi connectivity index (χ4n) is 3.06. The van der Waals surface area contributed by atoms with Gasteiger partial charge in [-0.05, 0) is 31.4 Å². The quantitative estimate of drug-likeness (QED) is 0.712. The van der Waals surface area contributed by atoms with E-state index < -0.39 is 16.1 Å². The second kappa shape index (κ2) is 9.26. The standard InChI is InChI=1S/C19H30N2O4S/c1-4-7-10-15(5-2)13-20-19(22)18-14-21(26(23,24)6-3)16-11-8-9-12-17(16)25-18/h8-9,11-12,15,18H,4-7,10,13-14H2,1-3H3,(H,20,22)/t15-,18-/m1/s1. The van der Waals surface area contributed by atoms with Crippen molar-refractivity contribution in [1.29, 1.82) is 0 Å². The van der Waals surface area contributed by atoms with Gasteiger partial charge in [-0.25, -0.2) is 8.42 Å². The van der Waals surface area contributed by atoms with Gasteiger partial charge in [0.1, 0.15) is 5.75 Å². The van der Waals surface area contributed by atoms with E-state index in [0.29, 0.717) is 23.9 Å². The van der Waals surface area contributed by atoms with Gasteiger partial charge in [0.2, 0.25) is 10.0 Å². The number of benzene rings is 1. The van der Waals surface area contributed by atoms with Crippen LogP contribution in [0.15, 0.2) is 24.3 Å². The zero-order valence-electron chi connectivity index (χ0n) is 15.9. The minimum absolute atomic E-state index is 0.00473. The van der Waals surface area contributed by atoms with Gasteiger partial charge in [0.25, 0.3) is 5.91 Å². The summed E-state index contributed by atoms with van der Waals surface area (Å²) in [6, 6.07) is 6.94. The molecule has 2 atom stereocenters. The molecule has 0 spiro atoms.